The summed E-state index contributed by atoms with van der Waals surface area (Å²) in [7, 11) is 0. The van der Waals surface area contributed by atoms with Crippen molar-refractivity contribution in [2.24, 2.45) is 11.8 Å². The summed E-state index contributed by atoms with van der Waals surface area (Å²) in [5, 5.41) is 3.12. The Bertz CT molecular complexity index is 124. The van der Waals surface area contributed by atoms with Crippen molar-refractivity contribution in [3.8, 4) is 0 Å². The number of hydrogen-bond acceptors (Lipinski definition) is 0. The second kappa shape index (κ2) is 13.0. The number of unbranched alkanes of at least 4 members (excludes halogenated alkanes) is 4. The van der Waals surface area contributed by atoms with Crippen LogP contribution in [0.15, 0.2) is 0 Å². The zero-order valence-corrected chi connectivity index (χ0v) is 14.0. The lowest BCUT2D eigenvalue weighted by atomic mass is 10.1. The fraction of sp³-hybridized carbons (Fsp3) is 1.00. The lowest BCUT2D eigenvalue weighted by molar-refractivity contribution is 0.532. The molecule has 0 N–H and O–H groups in total. The number of hydrogen-bond donors (Lipinski definition) is 0. The average Bonchev–Trinajstić information content (AvgIpc) is 2.25. The average molecular weight is 253 g/mol. The van der Waals surface area contributed by atoms with Crippen LogP contribution in [0.4, 0.5) is 0 Å². The van der Waals surface area contributed by atoms with Gasteiger partial charge in [-0.1, -0.05) is 79.1 Å². The highest BCUT2D eigenvalue weighted by Crippen LogP contribution is 2.12. The van der Waals surface area contributed by atoms with Crippen molar-refractivity contribution in [3.05, 3.63) is 0 Å². The monoisotopic (exact) mass is 253 g/mol. The van der Waals surface area contributed by atoms with Crippen molar-refractivity contribution >= 4 is 15.2 Å². The molecule has 0 aromatic carbocycles. The Morgan fingerprint density at radius 1 is 0.588 bits per heavy atom. The van der Waals surface area contributed by atoms with E-state index in [0.29, 0.717) is 0 Å². The summed E-state index contributed by atoms with van der Waals surface area (Å²) in [6.07, 6.45) is 11.8. The molecule has 0 heterocycles. The summed E-state index contributed by atoms with van der Waals surface area (Å²) in [4.78, 5) is 0. The molecule has 0 aromatic rings. The summed E-state index contributed by atoms with van der Waals surface area (Å²) in [6.45, 7) is 9.34. The molecule has 0 aliphatic heterocycles. The third-order valence-corrected chi connectivity index (χ3v) is 5.01. The third kappa shape index (κ3) is 16.5. The van der Waals surface area contributed by atoms with Crippen LogP contribution in [0.2, 0.25) is 10.6 Å². The van der Waals surface area contributed by atoms with Gasteiger partial charge in [-0.05, 0) is 11.8 Å². The van der Waals surface area contributed by atoms with Crippen LogP contribution in [0, 0.1) is 11.8 Å². The molecule has 0 rings (SSSR count). The van der Waals surface area contributed by atoms with E-state index in [1.54, 1.807) is 10.6 Å². The Morgan fingerprint density at radius 3 is 1.35 bits per heavy atom. The minimum atomic E-state index is 0.780. The van der Waals surface area contributed by atoms with Crippen molar-refractivity contribution in [1.82, 2.24) is 0 Å². The first kappa shape index (κ1) is 17.5. The van der Waals surface area contributed by atoms with Crippen LogP contribution in [0.1, 0.15) is 79.1 Å². The highest BCUT2D eigenvalue weighted by Gasteiger charge is 1.97. The Balaban J connectivity index is 2.94. The topological polar surface area (TPSA) is 0 Å². The van der Waals surface area contributed by atoms with Gasteiger partial charge in [-0.2, -0.15) is 0 Å². The van der Waals surface area contributed by atoms with Crippen molar-refractivity contribution in [2.75, 3.05) is 0 Å². The fourth-order valence-corrected chi connectivity index (χ4v) is 3.62. The summed E-state index contributed by atoms with van der Waals surface area (Å²) in [6, 6.07) is 0. The molecule has 0 unspecified atom stereocenters. The summed E-state index contributed by atoms with van der Waals surface area (Å²) < 4.78 is 0. The Labute approximate surface area is 117 Å². The molecule has 1 heteroatoms. The van der Waals surface area contributed by atoms with Crippen molar-refractivity contribution in [1.29, 1.82) is 0 Å². The van der Waals surface area contributed by atoms with Gasteiger partial charge >= 0.3 is 0 Å². The van der Waals surface area contributed by atoms with Gasteiger partial charge in [0.25, 0.3) is 0 Å². The maximum Gasteiger partial charge on any atom is 0.199 e. The molecule has 0 amide bonds. The van der Waals surface area contributed by atoms with Crippen molar-refractivity contribution in [2.45, 2.75) is 89.6 Å². The lowest BCUT2D eigenvalue weighted by Gasteiger charge is -2.05. The second-order valence-electron chi connectivity index (χ2n) is 6.35. The summed E-state index contributed by atoms with van der Waals surface area (Å²) in [5.41, 5.74) is 0. The first-order valence-electron chi connectivity index (χ1n) is 7.94. The second-order valence-corrected chi connectivity index (χ2v) is 8.08. The van der Waals surface area contributed by atoms with Gasteiger partial charge in [0.15, 0.2) is 15.2 Å². The highest BCUT2D eigenvalue weighted by atomic mass is 27.1. The standard InChI is InChI=1S/2C8H17.Al/c2*1-4-5-6-7-8(2)3;/h2*8H,1,4-7H2,2-3H3;. The van der Waals surface area contributed by atoms with Crippen LogP contribution < -0.4 is 0 Å². The molecule has 0 spiro atoms. The molecule has 0 aliphatic carbocycles. The number of rotatable bonds is 12. The maximum atomic E-state index is 2.34. The van der Waals surface area contributed by atoms with Gasteiger partial charge in [0, 0.05) is 0 Å². The minimum absolute atomic E-state index is 0.780. The van der Waals surface area contributed by atoms with E-state index in [1.165, 1.54) is 51.4 Å². The van der Waals surface area contributed by atoms with Crippen LogP contribution in [-0.2, 0) is 0 Å². The zero-order valence-electron chi connectivity index (χ0n) is 12.8. The molecular formula is C16H34Al. The SMILES string of the molecule is CC(C)CCCC[CH2][Al][CH2]CCCCC(C)C. The smallest absolute Gasteiger partial charge is 0.104 e. The minimum Gasteiger partial charge on any atom is -0.104 e. The zero-order chi connectivity index (χ0) is 12.9. The van der Waals surface area contributed by atoms with Crippen LogP contribution >= 0.6 is 0 Å². The molecule has 101 valence electrons. The van der Waals surface area contributed by atoms with E-state index in [2.05, 4.69) is 27.7 Å². The molecule has 0 saturated carbocycles. The summed E-state index contributed by atoms with van der Waals surface area (Å²) in [5.74, 6) is 1.81. The van der Waals surface area contributed by atoms with Gasteiger partial charge in [0.05, 0.1) is 0 Å². The Kier molecular flexibility index (Phi) is 13.4. The van der Waals surface area contributed by atoms with Crippen LogP contribution in [-0.4, -0.2) is 15.2 Å². The molecule has 17 heavy (non-hydrogen) atoms. The summed E-state index contributed by atoms with van der Waals surface area (Å²) >= 11 is 0.780. The van der Waals surface area contributed by atoms with Gasteiger partial charge < -0.3 is 0 Å². The Morgan fingerprint density at radius 2 is 1.00 bits per heavy atom. The molecular weight excluding hydrogens is 219 g/mol. The van der Waals surface area contributed by atoms with Gasteiger partial charge in [-0.3, -0.25) is 0 Å². The first-order valence-corrected chi connectivity index (χ1v) is 9.58. The highest BCUT2D eigenvalue weighted by molar-refractivity contribution is 6.35. The van der Waals surface area contributed by atoms with Crippen molar-refractivity contribution in [3.63, 3.8) is 0 Å². The Hall–Kier alpha value is 0.532. The van der Waals surface area contributed by atoms with E-state index < -0.39 is 0 Å². The maximum absolute atomic E-state index is 2.34. The van der Waals surface area contributed by atoms with Gasteiger partial charge in [-0.15, -0.1) is 10.6 Å². The molecule has 0 fully saturated rings. The molecule has 0 bridgehead atoms. The molecule has 0 saturated heterocycles. The molecule has 0 aromatic heterocycles. The fourth-order valence-electron chi connectivity index (χ4n) is 2.18. The van der Waals surface area contributed by atoms with Crippen molar-refractivity contribution < 1.29 is 0 Å². The van der Waals surface area contributed by atoms with E-state index in [4.69, 9.17) is 0 Å². The predicted molar refractivity (Wildman–Crippen MR) is 82.0 cm³/mol. The van der Waals surface area contributed by atoms with Crippen LogP contribution in [0.3, 0.4) is 0 Å². The lowest BCUT2D eigenvalue weighted by Crippen LogP contribution is -1.92. The molecule has 0 aliphatic rings. The van der Waals surface area contributed by atoms with Gasteiger partial charge in [0.1, 0.15) is 0 Å². The van der Waals surface area contributed by atoms with E-state index in [-0.39, 0.29) is 0 Å². The predicted octanol–water partition coefficient (Wildman–Crippen LogP) is 5.96. The van der Waals surface area contributed by atoms with Gasteiger partial charge in [-0.25, -0.2) is 0 Å². The van der Waals surface area contributed by atoms with E-state index in [9.17, 15) is 0 Å². The van der Waals surface area contributed by atoms with E-state index in [0.717, 1.165) is 27.1 Å². The molecule has 1 radical (unpaired) electrons. The van der Waals surface area contributed by atoms with Gasteiger partial charge in [0.2, 0.25) is 0 Å². The van der Waals surface area contributed by atoms with Crippen LogP contribution in [0.5, 0.6) is 0 Å². The largest absolute Gasteiger partial charge is 0.199 e. The normalized spacial score (nSPS) is 11.4. The third-order valence-electron chi connectivity index (χ3n) is 3.38. The molecule has 0 atom stereocenters. The van der Waals surface area contributed by atoms with E-state index >= 15 is 0 Å². The van der Waals surface area contributed by atoms with E-state index in [1.807, 2.05) is 0 Å². The quantitative estimate of drug-likeness (QED) is 0.297. The molecule has 0 nitrogen and oxygen atoms in total. The van der Waals surface area contributed by atoms with Crippen LogP contribution in [0.25, 0.3) is 0 Å². The first-order chi connectivity index (χ1) is 8.13.